The minimum atomic E-state index is -0.212. The highest BCUT2D eigenvalue weighted by molar-refractivity contribution is 7.09. The van der Waals surface area contributed by atoms with Crippen molar-refractivity contribution in [3.8, 4) is 11.3 Å². The molecule has 0 saturated heterocycles. The molecule has 0 radical (unpaired) electrons. The van der Waals surface area contributed by atoms with Gasteiger partial charge in [0.2, 0.25) is 0 Å². The van der Waals surface area contributed by atoms with Crippen LogP contribution in [0.1, 0.15) is 11.4 Å². The lowest BCUT2D eigenvalue weighted by atomic mass is 10.2. The van der Waals surface area contributed by atoms with E-state index in [2.05, 4.69) is 29.3 Å². The summed E-state index contributed by atoms with van der Waals surface area (Å²) < 4.78 is 12.9. The third-order valence-electron chi connectivity index (χ3n) is 3.17. The Bertz CT molecular complexity index is 537. The second-order valence-corrected chi connectivity index (χ2v) is 6.23. The molecule has 0 aliphatic carbocycles. The van der Waals surface area contributed by atoms with Crippen molar-refractivity contribution >= 4 is 11.3 Å². The van der Waals surface area contributed by atoms with Crippen LogP contribution in [0, 0.1) is 5.82 Å². The van der Waals surface area contributed by atoms with Crippen molar-refractivity contribution in [1.29, 1.82) is 0 Å². The second-order valence-electron chi connectivity index (χ2n) is 5.29. The molecular formula is C16H22FN3S. The Morgan fingerprint density at radius 2 is 1.95 bits per heavy atom. The van der Waals surface area contributed by atoms with E-state index in [4.69, 9.17) is 0 Å². The Kier molecular flexibility index (Phi) is 6.29. The largest absolute Gasteiger partial charge is 0.316 e. The third kappa shape index (κ3) is 5.53. The van der Waals surface area contributed by atoms with Gasteiger partial charge in [0.15, 0.2) is 0 Å². The van der Waals surface area contributed by atoms with Gasteiger partial charge in [-0.1, -0.05) is 0 Å². The summed E-state index contributed by atoms with van der Waals surface area (Å²) >= 11 is 1.66. The lowest BCUT2D eigenvalue weighted by Crippen LogP contribution is -2.23. The van der Waals surface area contributed by atoms with Gasteiger partial charge in [-0.25, -0.2) is 9.37 Å². The normalized spacial score (nSPS) is 11.2. The Hall–Kier alpha value is -1.30. The van der Waals surface area contributed by atoms with Crippen molar-refractivity contribution in [2.24, 2.45) is 0 Å². The highest BCUT2D eigenvalue weighted by atomic mass is 32.1. The molecule has 5 heteroatoms. The van der Waals surface area contributed by atoms with Crippen LogP contribution >= 0.6 is 11.3 Å². The Morgan fingerprint density at radius 3 is 2.67 bits per heavy atom. The van der Waals surface area contributed by atoms with Crippen LogP contribution in [-0.2, 0) is 6.42 Å². The number of nitrogens with zero attached hydrogens (tertiary/aromatic N) is 2. The number of nitrogens with one attached hydrogen (secondary N) is 1. The number of hydrogen-bond acceptors (Lipinski definition) is 4. The molecule has 21 heavy (non-hydrogen) atoms. The number of rotatable bonds is 8. The van der Waals surface area contributed by atoms with Gasteiger partial charge in [0.25, 0.3) is 0 Å². The Morgan fingerprint density at radius 1 is 1.19 bits per heavy atom. The fraction of sp³-hybridized carbons (Fsp3) is 0.438. The minimum absolute atomic E-state index is 0.212. The van der Waals surface area contributed by atoms with Crippen LogP contribution in [0.4, 0.5) is 4.39 Å². The van der Waals surface area contributed by atoms with Crippen molar-refractivity contribution in [3.05, 3.63) is 40.5 Å². The number of halogens is 1. The van der Waals surface area contributed by atoms with Crippen molar-refractivity contribution < 1.29 is 4.39 Å². The number of thiazole rings is 1. The van der Waals surface area contributed by atoms with E-state index in [9.17, 15) is 4.39 Å². The van der Waals surface area contributed by atoms with E-state index in [1.807, 2.05) is 5.38 Å². The summed E-state index contributed by atoms with van der Waals surface area (Å²) in [7, 11) is 4.18. The van der Waals surface area contributed by atoms with Gasteiger partial charge in [-0.2, -0.15) is 0 Å². The van der Waals surface area contributed by atoms with Crippen LogP contribution < -0.4 is 5.32 Å². The highest BCUT2D eigenvalue weighted by Gasteiger charge is 2.04. The van der Waals surface area contributed by atoms with Crippen LogP contribution in [0.3, 0.4) is 0 Å². The number of aromatic nitrogens is 1. The minimum Gasteiger partial charge on any atom is -0.316 e. The maximum Gasteiger partial charge on any atom is 0.123 e. The summed E-state index contributed by atoms with van der Waals surface area (Å²) in [6.45, 7) is 3.09. The van der Waals surface area contributed by atoms with Crippen LogP contribution in [-0.4, -0.2) is 43.6 Å². The molecule has 0 fully saturated rings. The van der Waals surface area contributed by atoms with E-state index >= 15 is 0 Å². The van der Waals surface area contributed by atoms with Crippen molar-refractivity contribution in [1.82, 2.24) is 15.2 Å². The van der Waals surface area contributed by atoms with Gasteiger partial charge in [0.05, 0.1) is 10.7 Å². The zero-order valence-electron chi connectivity index (χ0n) is 12.6. The van der Waals surface area contributed by atoms with Crippen LogP contribution in [0.25, 0.3) is 11.3 Å². The molecule has 114 valence electrons. The fourth-order valence-corrected chi connectivity index (χ4v) is 2.83. The zero-order chi connectivity index (χ0) is 15.1. The maximum absolute atomic E-state index is 12.9. The molecule has 1 N–H and O–H groups in total. The summed E-state index contributed by atoms with van der Waals surface area (Å²) in [5.74, 6) is -0.212. The van der Waals surface area contributed by atoms with Gasteiger partial charge in [-0.05, 0) is 57.9 Å². The molecule has 0 unspecified atom stereocenters. The molecule has 0 saturated carbocycles. The lowest BCUT2D eigenvalue weighted by Gasteiger charge is -2.09. The average molecular weight is 307 g/mol. The molecule has 1 aromatic carbocycles. The van der Waals surface area contributed by atoms with E-state index < -0.39 is 0 Å². The molecule has 1 aromatic heterocycles. The quantitative estimate of drug-likeness (QED) is 0.760. The van der Waals surface area contributed by atoms with Gasteiger partial charge in [0.1, 0.15) is 5.82 Å². The zero-order valence-corrected chi connectivity index (χ0v) is 13.4. The van der Waals surface area contributed by atoms with Crippen molar-refractivity contribution in [2.75, 3.05) is 33.7 Å². The van der Waals surface area contributed by atoms with E-state index in [0.29, 0.717) is 0 Å². The molecular weight excluding hydrogens is 285 g/mol. The predicted molar refractivity (Wildman–Crippen MR) is 87.3 cm³/mol. The molecule has 3 nitrogen and oxygen atoms in total. The maximum atomic E-state index is 12.9. The number of hydrogen-bond donors (Lipinski definition) is 1. The van der Waals surface area contributed by atoms with E-state index in [0.717, 1.165) is 48.7 Å². The lowest BCUT2D eigenvalue weighted by molar-refractivity contribution is 0.395. The summed E-state index contributed by atoms with van der Waals surface area (Å²) in [4.78, 5) is 6.80. The average Bonchev–Trinajstić information content (AvgIpc) is 2.92. The molecule has 1 heterocycles. The van der Waals surface area contributed by atoms with Crippen molar-refractivity contribution in [3.63, 3.8) is 0 Å². The summed E-state index contributed by atoms with van der Waals surface area (Å²) in [5, 5.41) is 6.59. The van der Waals surface area contributed by atoms with Gasteiger partial charge in [-0.3, -0.25) is 0 Å². The standard InChI is InChI=1S/C16H22FN3S/c1-20(2)11-3-9-18-10-8-16-19-15(12-21-16)13-4-6-14(17)7-5-13/h4-7,12,18H,3,8-11H2,1-2H3. The molecule has 0 amide bonds. The van der Waals surface area contributed by atoms with E-state index in [1.165, 1.54) is 12.1 Å². The van der Waals surface area contributed by atoms with Gasteiger partial charge in [-0.15, -0.1) is 11.3 Å². The molecule has 0 bridgehead atoms. The Labute approximate surface area is 129 Å². The summed E-state index contributed by atoms with van der Waals surface area (Å²) in [6.07, 6.45) is 2.10. The van der Waals surface area contributed by atoms with Gasteiger partial charge >= 0.3 is 0 Å². The topological polar surface area (TPSA) is 28.2 Å². The molecule has 0 spiro atoms. The second kappa shape index (κ2) is 8.22. The highest BCUT2D eigenvalue weighted by Crippen LogP contribution is 2.22. The van der Waals surface area contributed by atoms with Crippen molar-refractivity contribution in [2.45, 2.75) is 12.8 Å². The van der Waals surface area contributed by atoms with Gasteiger partial charge in [0, 0.05) is 23.9 Å². The van der Waals surface area contributed by atoms with Gasteiger partial charge < -0.3 is 10.2 Å². The molecule has 0 aliphatic rings. The van der Waals surface area contributed by atoms with E-state index in [-0.39, 0.29) is 5.82 Å². The molecule has 2 rings (SSSR count). The van der Waals surface area contributed by atoms with Crippen LogP contribution in [0.2, 0.25) is 0 Å². The smallest absolute Gasteiger partial charge is 0.123 e. The first-order valence-corrected chi connectivity index (χ1v) is 8.09. The fourth-order valence-electron chi connectivity index (χ4n) is 2.02. The predicted octanol–water partition coefficient (Wildman–Crippen LogP) is 3.03. The van der Waals surface area contributed by atoms with Crippen LogP contribution in [0.5, 0.6) is 0 Å². The first kappa shape index (κ1) is 16.1. The molecule has 0 atom stereocenters. The van der Waals surface area contributed by atoms with E-state index in [1.54, 1.807) is 23.5 Å². The molecule has 0 aliphatic heterocycles. The first-order chi connectivity index (χ1) is 10.1. The SMILES string of the molecule is CN(C)CCCNCCc1nc(-c2ccc(F)cc2)cs1. The monoisotopic (exact) mass is 307 g/mol. The Balaban J connectivity index is 1.74. The molecule has 2 aromatic rings. The summed E-state index contributed by atoms with van der Waals surface area (Å²) in [5.41, 5.74) is 1.90. The first-order valence-electron chi connectivity index (χ1n) is 7.21. The third-order valence-corrected chi connectivity index (χ3v) is 4.07. The number of benzene rings is 1. The summed E-state index contributed by atoms with van der Waals surface area (Å²) in [6, 6.07) is 6.49. The van der Waals surface area contributed by atoms with Crippen LogP contribution in [0.15, 0.2) is 29.6 Å².